The molecular formula is C32H37Cl2N3O6S. The zero-order valence-electron chi connectivity index (χ0n) is 24.8. The van der Waals surface area contributed by atoms with Gasteiger partial charge < -0.3 is 19.7 Å². The number of carbonyl (C=O) groups excluding carboxylic acids is 2. The quantitative estimate of drug-likeness (QED) is 0.230. The van der Waals surface area contributed by atoms with Gasteiger partial charge >= 0.3 is 0 Å². The first-order valence-electron chi connectivity index (χ1n) is 14.6. The van der Waals surface area contributed by atoms with Crippen LogP contribution in [0.1, 0.15) is 37.8 Å². The van der Waals surface area contributed by atoms with Gasteiger partial charge in [0.1, 0.15) is 25.8 Å². The van der Waals surface area contributed by atoms with E-state index in [1.807, 2.05) is 37.3 Å². The summed E-state index contributed by atoms with van der Waals surface area (Å²) in [7, 11) is -3.93. The number of fused-ring (bicyclic) bond motifs is 1. The molecule has 44 heavy (non-hydrogen) atoms. The average Bonchev–Trinajstić information content (AvgIpc) is 3.02. The number of nitrogens with zero attached hydrogens (tertiary/aromatic N) is 2. The maximum atomic E-state index is 14.3. The number of anilines is 1. The van der Waals surface area contributed by atoms with Crippen LogP contribution in [0.2, 0.25) is 10.0 Å². The predicted molar refractivity (Wildman–Crippen MR) is 173 cm³/mol. The van der Waals surface area contributed by atoms with Crippen molar-refractivity contribution in [3.8, 4) is 11.5 Å². The second-order valence-electron chi connectivity index (χ2n) is 10.3. The minimum absolute atomic E-state index is 0.0469. The monoisotopic (exact) mass is 661 g/mol. The SMILES string of the molecule is CCCCNC(=O)[C@H](Cc1ccccc1)N(Cc1ccc(Cl)cc1Cl)C(=O)CN(c1ccc2c(c1)OCCO2)S(=O)(=O)CC. The van der Waals surface area contributed by atoms with Crippen LogP contribution in [-0.2, 0) is 32.6 Å². The summed E-state index contributed by atoms with van der Waals surface area (Å²) < 4.78 is 39.2. The van der Waals surface area contributed by atoms with E-state index in [0.717, 1.165) is 22.7 Å². The Labute approximate surface area is 269 Å². The molecule has 0 aliphatic carbocycles. The number of rotatable bonds is 14. The molecule has 0 fully saturated rings. The largest absolute Gasteiger partial charge is 0.486 e. The van der Waals surface area contributed by atoms with E-state index in [1.165, 1.54) is 11.8 Å². The number of hydrogen-bond acceptors (Lipinski definition) is 6. The van der Waals surface area contributed by atoms with Gasteiger partial charge in [0.25, 0.3) is 0 Å². The van der Waals surface area contributed by atoms with Crippen molar-refractivity contribution < 1.29 is 27.5 Å². The van der Waals surface area contributed by atoms with Crippen LogP contribution in [0.5, 0.6) is 11.5 Å². The highest BCUT2D eigenvalue weighted by molar-refractivity contribution is 7.92. The molecule has 0 bridgehead atoms. The second kappa shape index (κ2) is 15.5. The van der Waals surface area contributed by atoms with E-state index in [-0.39, 0.29) is 30.3 Å². The normalized spacial score (nSPS) is 13.2. The van der Waals surface area contributed by atoms with Crippen molar-refractivity contribution in [2.75, 3.05) is 36.4 Å². The van der Waals surface area contributed by atoms with E-state index in [1.54, 1.807) is 36.4 Å². The number of ether oxygens (including phenoxy) is 2. The lowest BCUT2D eigenvalue weighted by Gasteiger charge is -2.34. The van der Waals surface area contributed by atoms with Gasteiger partial charge in [0, 0.05) is 35.6 Å². The van der Waals surface area contributed by atoms with E-state index < -0.39 is 28.5 Å². The summed E-state index contributed by atoms with van der Waals surface area (Å²) in [5.74, 6) is -0.284. The average molecular weight is 663 g/mol. The van der Waals surface area contributed by atoms with Crippen LogP contribution in [0.15, 0.2) is 66.7 Å². The minimum Gasteiger partial charge on any atom is -0.486 e. The fraction of sp³-hybridized carbons (Fsp3) is 0.375. The number of nitrogens with one attached hydrogen (secondary N) is 1. The van der Waals surface area contributed by atoms with Crippen LogP contribution in [0, 0.1) is 0 Å². The maximum absolute atomic E-state index is 14.3. The predicted octanol–water partition coefficient (Wildman–Crippen LogP) is 5.48. The molecule has 0 unspecified atom stereocenters. The number of benzene rings is 3. The molecule has 3 aromatic carbocycles. The molecule has 12 heteroatoms. The first kappa shape index (κ1) is 33.4. The Morgan fingerprint density at radius 1 is 0.955 bits per heavy atom. The standard InChI is InChI=1S/C32H37Cl2N3O6S/c1-3-5-15-35-32(39)28(18-23-9-7-6-8-10-23)36(21-24-11-12-25(33)19-27(24)34)31(38)22-37(44(40,41)4-2)26-13-14-29-30(20-26)43-17-16-42-29/h6-14,19-20,28H,3-5,15-18,21-22H2,1-2H3,(H,35,39)/t28-/m0/s1. The lowest BCUT2D eigenvalue weighted by atomic mass is 10.0. The molecule has 1 N–H and O–H groups in total. The van der Waals surface area contributed by atoms with Crippen molar-refractivity contribution in [2.45, 2.75) is 45.7 Å². The van der Waals surface area contributed by atoms with Crippen LogP contribution in [-0.4, -0.2) is 63.2 Å². The van der Waals surface area contributed by atoms with Gasteiger partial charge in [-0.2, -0.15) is 0 Å². The van der Waals surface area contributed by atoms with Crippen LogP contribution >= 0.6 is 23.2 Å². The third kappa shape index (κ3) is 8.58. The van der Waals surface area contributed by atoms with Gasteiger partial charge in [-0.25, -0.2) is 8.42 Å². The third-order valence-corrected chi connectivity index (χ3v) is 9.58. The molecule has 236 valence electrons. The van der Waals surface area contributed by atoms with Gasteiger partial charge in [0.2, 0.25) is 21.8 Å². The topological polar surface area (TPSA) is 105 Å². The summed E-state index contributed by atoms with van der Waals surface area (Å²) in [4.78, 5) is 29.5. The summed E-state index contributed by atoms with van der Waals surface area (Å²) in [6, 6.07) is 18.1. The Morgan fingerprint density at radius 2 is 1.68 bits per heavy atom. The summed E-state index contributed by atoms with van der Waals surface area (Å²) in [6.45, 7) is 4.08. The van der Waals surface area contributed by atoms with Crippen molar-refractivity contribution in [3.05, 3.63) is 87.9 Å². The van der Waals surface area contributed by atoms with Gasteiger partial charge in [0.15, 0.2) is 11.5 Å². The molecule has 1 aliphatic rings. The molecule has 0 saturated carbocycles. The summed E-state index contributed by atoms with van der Waals surface area (Å²) in [6.07, 6.45) is 1.86. The van der Waals surface area contributed by atoms with E-state index in [0.29, 0.717) is 46.9 Å². The van der Waals surface area contributed by atoms with Gasteiger partial charge in [-0.05, 0) is 48.7 Å². The van der Waals surface area contributed by atoms with Gasteiger partial charge in [-0.15, -0.1) is 0 Å². The Kier molecular flexibility index (Phi) is 11.8. The molecule has 2 amide bonds. The molecule has 0 saturated heterocycles. The highest BCUT2D eigenvalue weighted by Gasteiger charge is 2.34. The number of hydrogen-bond donors (Lipinski definition) is 1. The molecule has 0 aromatic heterocycles. The van der Waals surface area contributed by atoms with Crippen LogP contribution in [0.25, 0.3) is 0 Å². The van der Waals surface area contributed by atoms with Crippen molar-refractivity contribution in [2.24, 2.45) is 0 Å². The number of sulfonamides is 1. The minimum atomic E-state index is -3.93. The molecule has 9 nitrogen and oxygen atoms in total. The fourth-order valence-corrected chi connectivity index (χ4v) is 6.32. The Morgan fingerprint density at radius 3 is 2.36 bits per heavy atom. The molecule has 0 spiro atoms. The number of amides is 2. The van der Waals surface area contributed by atoms with E-state index >= 15 is 0 Å². The maximum Gasteiger partial charge on any atom is 0.244 e. The van der Waals surface area contributed by atoms with E-state index in [9.17, 15) is 18.0 Å². The highest BCUT2D eigenvalue weighted by Crippen LogP contribution is 2.35. The van der Waals surface area contributed by atoms with Crippen molar-refractivity contribution in [3.63, 3.8) is 0 Å². The van der Waals surface area contributed by atoms with E-state index in [4.69, 9.17) is 32.7 Å². The smallest absolute Gasteiger partial charge is 0.244 e. The Bertz CT molecular complexity index is 1550. The summed E-state index contributed by atoms with van der Waals surface area (Å²) in [5, 5.41) is 3.71. The van der Waals surface area contributed by atoms with E-state index in [2.05, 4.69) is 5.32 Å². The lowest BCUT2D eigenvalue weighted by molar-refractivity contribution is -0.140. The van der Waals surface area contributed by atoms with Gasteiger partial charge in [-0.1, -0.05) is 72.9 Å². The molecule has 3 aromatic rings. The molecule has 1 heterocycles. The first-order valence-corrected chi connectivity index (χ1v) is 16.9. The molecular weight excluding hydrogens is 625 g/mol. The molecule has 4 rings (SSSR count). The van der Waals surface area contributed by atoms with Crippen molar-refractivity contribution in [1.82, 2.24) is 10.2 Å². The first-order chi connectivity index (χ1) is 21.1. The second-order valence-corrected chi connectivity index (χ2v) is 13.4. The van der Waals surface area contributed by atoms with Gasteiger partial charge in [0.05, 0.1) is 11.4 Å². The van der Waals surface area contributed by atoms with Crippen molar-refractivity contribution in [1.29, 1.82) is 0 Å². The van der Waals surface area contributed by atoms with Crippen LogP contribution in [0.4, 0.5) is 5.69 Å². The van der Waals surface area contributed by atoms with Crippen LogP contribution < -0.4 is 19.1 Å². The van der Waals surface area contributed by atoms with Crippen molar-refractivity contribution >= 4 is 50.7 Å². The third-order valence-electron chi connectivity index (χ3n) is 7.25. The summed E-state index contributed by atoms with van der Waals surface area (Å²) in [5.41, 5.74) is 1.65. The number of carbonyl (C=O) groups is 2. The Balaban J connectivity index is 1.75. The van der Waals surface area contributed by atoms with Crippen LogP contribution in [0.3, 0.4) is 0 Å². The molecule has 0 radical (unpaired) electrons. The Hall–Kier alpha value is -3.47. The lowest BCUT2D eigenvalue weighted by Crippen LogP contribution is -2.53. The molecule has 1 aliphatic heterocycles. The zero-order chi connectivity index (χ0) is 31.7. The highest BCUT2D eigenvalue weighted by atomic mass is 35.5. The number of halogens is 2. The summed E-state index contributed by atoms with van der Waals surface area (Å²) >= 11 is 12.7. The zero-order valence-corrected chi connectivity index (χ0v) is 27.1. The molecule has 1 atom stereocenters. The number of unbranched alkanes of at least 4 members (excludes halogenated alkanes) is 1. The van der Waals surface area contributed by atoms with Gasteiger partial charge in [-0.3, -0.25) is 13.9 Å². The fourth-order valence-electron chi connectivity index (χ4n) is 4.80.